The molecule has 0 aromatic heterocycles. The van der Waals surface area contributed by atoms with E-state index in [1.165, 1.54) is 50.1 Å². The molecule has 1 heterocycles. The van der Waals surface area contributed by atoms with Gasteiger partial charge in [0.2, 0.25) is 0 Å². The first-order chi connectivity index (χ1) is 10.9. The maximum absolute atomic E-state index is 12.4. The van der Waals surface area contributed by atoms with Gasteiger partial charge in [-0.25, -0.2) is 5.06 Å². The average Bonchev–Trinajstić information content (AvgIpc) is 2.59. The predicted molar refractivity (Wildman–Crippen MR) is 93.2 cm³/mol. The lowest BCUT2D eigenvalue weighted by Crippen LogP contribution is -2.40. The smallest absolute Gasteiger partial charge is 0.255 e. The molecule has 0 atom stereocenters. The van der Waals surface area contributed by atoms with Crippen LogP contribution >= 0.6 is 0 Å². The van der Waals surface area contributed by atoms with Crippen LogP contribution in [0, 0.1) is 0 Å². The first-order valence-corrected chi connectivity index (χ1v) is 8.59. The van der Waals surface area contributed by atoms with Gasteiger partial charge in [-0.05, 0) is 57.3 Å². The highest BCUT2D eigenvalue weighted by atomic mass is 16.7. The van der Waals surface area contributed by atoms with Crippen LogP contribution in [0.15, 0.2) is 24.3 Å². The summed E-state index contributed by atoms with van der Waals surface area (Å²) in [5, 5.41) is 1.30. The molecule has 1 aromatic rings. The van der Waals surface area contributed by atoms with Gasteiger partial charge in [-0.3, -0.25) is 9.63 Å². The fourth-order valence-electron chi connectivity index (χ4n) is 3.16. The lowest BCUT2D eigenvalue weighted by atomic mass is 9.83. The number of likely N-dealkylation sites (tertiary alicyclic amines) is 1. The summed E-state index contributed by atoms with van der Waals surface area (Å²) < 4.78 is 0. The highest BCUT2D eigenvalue weighted by Gasteiger charge is 2.32. The number of hydroxylamine groups is 2. The summed E-state index contributed by atoms with van der Waals surface area (Å²) in [5.41, 5.74) is 1.77. The predicted octanol–water partition coefficient (Wildman–Crippen LogP) is 3.01. The van der Waals surface area contributed by atoms with Crippen molar-refractivity contribution in [1.82, 2.24) is 9.96 Å². The zero-order valence-corrected chi connectivity index (χ0v) is 15.0. The zero-order valence-electron chi connectivity index (χ0n) is 15.0. The molecule has 0 radical (unpaired) electrons. The van der Waals surface area contributed by atoms with E-state index in [1.54, 1.807) is 7.05 Å². The molecule has 4 nitrogen and oxygen atoms in total. The lowest BCUT2D eigenvalue weighted by Gasteiger charge is -2.28. The van der Waals surface area contributed by atoms with Crippen LogP contribution in [0.5, 0.6) is 0 Å². The number of hydrogen-bond acceptors (Lipinski definition) is 3. The molecule has 0 aliphatic carbocycles. The standard InChI is InChI=1S/C19H30N2O2/c1-19(2,18(22)20(3)23-4)17-10-8-16(9-11-17)12-15-21-13-6-5-7-14-21/h8-11H,5-7,12-15H2,1-4H3. The molecule has 0 unspecified atom stereocenters. The molecule has 1 aliphatic heterocycles. The summed E-state index contributed by atoms with van der Waals surface area (Å²) in [5.74, 6) is -0.0407. The van der Waals surface area contributed by atoms with Gasteiger partial charge in [0.15, 0.2) is 0 Å². The van der Waals surface area contributed by atoms with E-state index < -0.39 is 5.41 Å². The highest BCUT2D eigenvalue weighted by molar-refractivity contribution is 5.86. The molecule has 0 spiro atoms. The Bertz CT molecular complexity index is 505. The number of benzene rings is 1. The number of piperidine rings is 1. The topological polar surface area (TPSA) is 32.8 Å². The van der Waals surface area contributed by atoms with Crippen molar-refractivity contribution in [3.8, 4) is 0 Å². The van der Waals surface area contributed by atoms with Gasteiger partial charge in [0, 0.05) is 13.6 Å². The Morgan fingerprint density at radius 3 is 2.35 bits per heavy atom. The normalized spacial score (nSPS) is 16.3. The molecule has 0 bridgehead atoms. The van der Waals surface area contributed by atoms with Crippen molar-refractivity contribution in [2.75, 3.05) is 33.8 Å². The Morgan fingerprint density at radius 1 is 1.17 bits per heavy atom. The Morgan fingerprint density at radius 2 is 1.78 bits per heavy atom. The summed E-state index contributed by atoms with van der Waals surface area (Å²) in [7, 11) is 3.16. The van der Waals surface area contributed by atoms with Crippen molar-refractivity contribution in [2.24, 2.45) is 0 Å². The number of nitrogens with zero attached hydrogens (tertiary/aromatic N) is 2. The first-order valence-electron chi connectivity index (χ1n) is 8.59. The van der Waals surface area contributed by atoms with E-state index in [-0.39, 0.29) is 5.91 Å². The molecule has 1 amide bonds. The third-order valence-corrected chi connectivity index (χ3v) is 4.94. The third kappa shape index (κ3) is 4.55. The van der Waals surface area contributed by atoms with Crippen LogP contribution in [0.4, 0.5) is 0 Å². The molecule has 23 heavy (non-hydrogen) atoms. The highest BCUT2D eigenvalue weighted by Crippen LogP contribution is 2.26. The average molecular weight is 318 g/mol. The summed E-state index contributed by atoms with van der Waals surface area (Å²) in [6.07, 6.45) is 5.13. The molecule has 0 N–H and O–H groups in total. The van der Waals surface area contributed by atoms with Gasteiger partial charge in [0.25, 0.3) is 5.91 Å². The maximum Gasteiger partial charge on any atom is 0.255 e. The Kier molecular flexibility index (Phi) is 6.19. The molecule has 0 saturated carbocycles. The van der Waals surface area contributed by atoms with Gasteiger partial charge in [0.05, 0.1) is 12.5 Å². The van der Waals surface area contributed by atoms with Crippen molar-refractivity contribution in [3.63, 3.8) is 0 Å². The van der Waals surface area contributed by atoms with Crippen molar-refractivity contribution < 1.29 is 9.63 Å². The van der Waals surface area contributed by atoms with Gasteiger partial charge < -0.3 is 4.90 Å². The summed E-state index contributed by atoms with van der Waals surface area (Å²) >= 11 is 0. The molecule has 1 fully saturated rings. The van der Waals surface area contributed by atoms with E-state index in [4.69, 9.17) is 4.84 Å². The lowest BCUT2D eigenvalue weighted by molar-refractivity contribution is -0.174. The molecule has 4 heteroatoms. The molecular weight excluding hydrogens is 288 g/mol. The Hall–Kier alpha value is -1.39. The van der Waals surface area contributed by atoms with E-state index in [2.05, 4.69) is 29.2 Å². The molecule has 1 aliphatic rings. The minimum Gasteiger partial charge on any atom is -0.303 e. The molecular formula is C19H30N2O2. The fraction of sp³-hybridized carbons (Fsp3) is 0.632. The van der Waals surface area contributed by atoms with Gasteiger partial charge >= 0.3 is 0 Å². The number of carbonyl (C=O) groups excluding carboxylic acids is 1. The second-order valence-corrected chi connectivity index (χ2v) is 6.96. The van der Waals surface area contributed by atoms with E-state index in [1.807, 2.05) is 13.8 Å². The van der Waals surface area contributed by atoms with Crippen LogP contribution in [0.3, 0.4) is 0 Å². The van der Waals surface area contributed by atoms with Crippen LogP contribution < -0.4 is 0 Å². The second kappa shape index (κ2) is 7.93. The maximum atomic E-state index is 12.4. The number of hydrogen-bond donors (Lipinski definition) is 0. The van der Waals surface area contributed by atoms with Crippen LogP contribution in [0.2, 0.25) is 0 Å². The molecule has 128 valence electrons. The van der Waals surface area contributed by atoms with E-state index in [9.17, 15) is 4.79 Å². The second-order valence-electron chi connectivity index (χ2n) is 6.96. The third-order valence-electron chi connectivity index (χ3n) is 4.94. The van der Waals surface area contributed by atoms with Crippen molar-refractivity contribution in [1.29, 1.82) is 0 Å². The zero-order chi connectivity index (χ0) is 16.9. The number of carbonyl (C=O) groups is 1. The van der Waals surface area contributed by atoms with Crippen LogP contribution in [-0.4, -0.2) is 49.7 Å². The number of amides is 1. The fourth-order valence-corrected chi connectivity index (χ4v) is 3.16. The van der Waals surface area contributed by atoms with E-state index >= 15 is 0 Å². The van der Waals surface area contributed by atoms with E-state index in [0.717, 1.165) is 18.5 Å². The van der Waals surface area contributed by atoms with E-state index in [0.29, 0.717) is 0 Å². The molecule has 2 rings (SSSR count). The Balaban J connectivity index is 1.96. The summed E-state index contributed by atoms with van der Waals surface area (Å²) in [6, 6.07) is 8.46. The first kappa shape index (κ1) is 18.0. The van der Waals surface area contributed by atoms with Crippen LogP contribution in [0.1, 0.15) is 44.2 Å². The number of likely N-dealkylation sites (N-methyl/N-ethyl adjacent to an activating group) is 1. The Labute approximate surface area is 140 Å². The minimum absolute atomic E-state index is 0.0407. The molecule has 1 aromatic carbocycles. The minimum atomic E-state index is -0.587. The summed E-state index contributed by atoms with van der Waals surface area (Å²) in [6.45, 7) is 7.49. The quantitative estimate of drug-likeness (QED) is 0.756. The van der Waals surface area contributed by atoms with Crippen LogP contribution in [0.25, 0.3) is 0 Å². The number of rotatable bonds is 6. The van der Waals surface area contributed by atoms with Crippen molar-refractivity contribution >= 4 is 5.91 Å². The van der Waals surface area contributed by atoms with Gasteiger partial charge in [-0.1, -0.05) is 30.7 Å². The molecule has 1 saturated heterocycles. The van der Waals surface area contributed by atoms with Gasteiger partial charge in [-0.15, -0.1) is 0 Å². The van der Waals surface area contributed by atoms with Crippen LogP contribution in [-0.2, 0) is 21.5 Å². The van der Waals surface area contributed by atoms with Gasteiger partial charge in [-0.2, -0.15) is 0 Å². The monoisotopic (exact) mass is 318 g/mol. The summed E-state index contributed by atoms with van der Waals surface area (Å²) in [4.78, 5) is 20.0. The van der Waals surface area contributed by atoms with Crippen molar-refractivity contribution in [2.45, 2.75) is 44.9 Å². The van der Waals surface area contributed by atoms with Crippen molar-refractivity contribution in [3.05, 3.63) is 35.4 Å². The largest absolute Gasteiger partial charge is 0.303 e. The van der Waals surface area contributed by atoms with Gasteiger partial charge in [0.1, 0.15) is 0 Å². The SMILES string of the molecule is CON(C)C(=O)C(C)(C)c1ccc(CCN2CCCCC2)cc1.